The number of likely N-dealkylation sites (tertiary alicyclic amines) is 1. The monoisotopic (exact) mass is 435 g/mol. The highest BCUT2D eigenvalue weighted by Crippen LogP contribution is 2.39. The molecule has 0 unspecified atom stereocenters. The van der Waals surface area contributed by atoms with Crippen LogP contribution in [0, 0.1) is 0 Å². The summed E-state index contributed by atoms with van der Waals surface area (Å²) in [6.45, 7) is 1.18. The highest BCUT2D eigenvalue weighted by molar-refractivity contribution is 7.90. The molecule has 0 spiro atoms. The van der Waals surface area contributed by atoms with Crippen molar-refractivity contribution in [2.75, 3.05) is 13.1 Å². The van der Waals surface area contributed by atoms with Crippen LogP contribution in [-0.2, 0) is 14.8 Å². The number of hydrogen-bond donors (Lipinski definition) is 1. The number of hydrogen-bond acceptors (Lipinski definition) is 5. The molecule has 12 heteroatoms. The number of amides is 1. The summed E-state index contributed by atoms with van der Waals surface area (Å²) in [5, 5.41) is 6.95. The highest BCUT2D eigenvalue weighted by atomic mass is 32.2. The summed E-state index contributed by atoms with van der Waals surface area (Å²) in [4.78, 5) is 27.3. The predicted octanol–water partition coefficient (Wildman–Crippen LogP) is 1.50. The summed E-state index contributed by atoms with van der Waals surface area (Å²) < 4.78 is 58.4. The third-order valence-corrected chi connectivity index (χ3v) is 7.65. The molecule has 3 heterocycles. The van der Waals surface area contributed by atoms with Gasteiger partial charge in [-0.3, -0.25) is 9.78 Å². The van der Waals surface area contributed by atoms with Crippen LogP contribution in [0.5, 0.6) is 0 Å². The number of carboxylic acids is 1. The molecule has 0 radical (unpaired) electrons. The Morgan fingerprint density at radius 2 is 1.59 bits per heavy atom. The minimum absolute atomic E-state index is 0.0134. The molecule has 1 N–H and O–H groups in total. The van der Waals surface area contributed by atoms with Gasteiger partial charge in [0.15, 0.2) is 0 Å². The summed E-state index contributed by atoms with van der Waals surface area (Å²) in [5.74, 6) is -2.77. The molecule has 2 saturated heterocycles. The van der Waals surface area contributed by atoms with Crippen LogP contribution in [-0.4, -0.2) is 76.2 Å². The van der Waals surface area contributed by atoms with E-state index in [-0.39, 0.29) is 23.2 Å². The van der Waals surface area contributed by atoms with Crippen molar-refractivity contribution in [3.8, 4) is 0 Å². The number of fused-ring (bicyclic) bond motifs is 1. The molecule has 1 aromatic heterocycles. The maximum absolute atomic E-state index is 12.6. The fraction of sp³-hybridized carbons (Fsp3) is 0.588. The molecule has 4 rings (SSSR count). The van der Waals surface area contributed by atoms with E-state index >= 15 is 0 Å². The van der Waals surface area contributed by atoms with E-state index in [4.69, 9.17) is 9.90 Å². The number of carboxylic acid groups (broad SMARTS) is 1. The van der Waals surface area contributed by atoms with Gasteiger partial charge in [-0.2, -0.15) is 17.5 Å². The Morgan fingerprint density at radius 3 is 2.10 bits per heavy atom. The third kappa shape index (κ3) is 4.53. The van der Waals surface area contributed by atoms with Crippen molar-refractivity contribution in [1.82, 2.24) is 14.2 Å². The SMILES string of the molecule is O=C(O)C(F)(F)F.O=C(c1ccncc1)N1CC[C@H]2[C@H]1CCN2S(=O)(=O)C1CC1. The minimum atomic E-state index is -5.08. The molecule has 3 aliphatic rings. The van der Waals surface area contributed by atoms with Gasteiger partial charge in [0, 0.05) is 43.1 Å². The van der Waals surface area contributed by atoms with Gasteiger partial charge < -0.3 is 10.0 Å². The molecule has 0 bridgehead atoms. The summed E-state index contributed by atoms with van der Waals surface area (Å²) in [7, 11) is -3.15. The Morgan fingerprint density at radius 1 is 1.03 bits per heavy atom. The molecule has 29 heavy (non-hydrogen) atoms. The first kappa shape index (κ1) is 21.5. The molecule has 2 atom stereocenters. The van der Waals surface area contributed by atoms with Crippen LogP contribution in [0.3, 0.4) is 0 Å². The lowest BCUT2D eigenvalue weighted by Gasteiger charge is -2.25. The van der Waals surface area contributed by atoms with Crippen molar-refractivity contribution >= 4 is 21.9 Å². The summed E-state index contributed by atoms with van der Waals surface area (Å²) in [6.07, 6.45) is 1.20. The maximum atomic E-state index is 12.6. The van der Waals surface area contributed by atoms with E-state index in [1.807, 2.05) is 4.90 Å². The van der Waals surface area contributed by atoms with Crippen molar-refractivity contribution < 1.29 is 36.3 Å². The predicted molar refractivity (Wildman–Crippen MR) is 94.4 cm³/mol. The normalized spacial score (nSPS) is 24.6. The number of nitrogens with zero attached hydrogens (tertiary/aromatic N) is 3. The average Bonchev–Trinajstić information content (AvgIpc) is 3.32. The quantitative estimate of drug-likeness (QED) is 0.771. The molecule has 160 valence electrons. The summed E-state index contributed by atoms with van der Waals surface area (Å²) in [5.41, 5.74) is 0.624. The first-order valence-corrected chi connectivity index (χ1v) is 10.6. The van der Waals surface area contributed by atoms with Gasteiger partial charge in [-0.25, -0.2) is 13.2 Å². The van der Waals surface area contributed by atoms with E-state index in [1.165, 1.54) is 0 Å². The largest absolute Gasteiger partial charge is 0.490 e. The van der Waals surface area contributed by atoms with Crippen molar-refractivity contribution in [2.24, 2.45) is 0 Å². The van der Waals surface area contributed by atoms with E-state index in [1.54, 1.807) is 28.8 Å². The molecule has 1 saturated carbocycles. The maximum Gasteiger partial charge on any atom is 0.490 e. The Balaban J connectivity index is 0.000000298. The van der Waals surface area contributed by atoms with E-state index in [0.717, 1.165) is 25.7 Å². The fourth-order valence-electron chi connectivity index (χ4n) is 3.73. The van der Waals surface area contributed by atoms with Crippen molar-refractivity contribution in [2.45, 2.75) is 49.2 Å². The van der Waals surface area contributed by atoms with Crippen LogP contribution in [0.25, 0.3) is 0 Å². The lowest BCUT2D eigenvalue weighted by molar-refractivity contribution is -0.192. The Hall–Kier alpha value is -2.21. The number of carbonyl (C=O) groups excluding carboxylic acids is 1. The second-order valence-corrected chi connectivity index (χ2v) is 9.27. The van der Waals surface area contributed by atoms with Gasteiger partial charge in [0.25, 0.3) is 5.91 Å². The number of aromatic nitrogens is 1. The third-order valence-electron chi connectivity index (χ3n) is 5.23. The number of pyridine rings is 1. The zero-order chi connectivity index (χ0) is 21.4. The minimum Gasteiger partial charge on any atom is -0.475 e. The number of sulfonamides is 1. The number of halogens is 3. The number of carbonyl (C=O) groups is 2. The zero-order valence-electron chi connectivity index (χ0n) is 15.2. The first-order valence-electron chi connectivity index (χ1n) is 9.05. The molecule has 3 fully saturated rings. The van der Waals surface area contributed by atoms with Crippen LogP contribution in [0.4, 0.5) is 13.2 Å². The Kier molecular flexibility index (Phi) is 5.86. The van der Waals surface area contributed by atoms with Crippen LogP contribution >= 0.6 is 0 Å². The van der Waals surface area contributed by atoms with Gasteiger partial charge in [0.1, 0.15) is 0 Å². The second-order valence-electron chi connectivity index (χ2n) is 7.10. The van der Waals surface area contributed by atoms with Gasteiger partial charge in [-0.15, -0.1) is 0 Å². The topological polar surface area (TPSA) is 108 Å². The van der Waals surface area contributed by atoms with Crippen molar-refractivity contribution in [1.29, 1.82) is 0 Å². The van der Waals surface area contributed by atoms with Crippen LogP contribution in [0.2, 0.25) is 0 Å². The lowest BCUT2D eigenvalue weighted by Crippen LogP contribution is -2.42. The number of aliphatic carboxylic acids is 1. The molecular formula is C17H20F3N3O5S. The van der Waals surface area contributed by atoms with Crippen LogP contribution in [0.15, 0.2) is 24.5 Å². The fourth-order valence-corrected chi connectivity index (χ4v) is 5.83. The van der Waals surface area contributed by atoms with Gasteiger partial charge in [-0.1, -0.05) is 0 Å². The lowest BCUT2D eigenvalue weighted by atomic mass is 10.1. The van der Waals surface area contributed by atoms with E-state index in [0.29, 0.717) is 18.7 Å². The Labute approximate surface area is 165 Å². The number of rotatable bonds is 3. The molecular weight excluding hydrogens is 415 g/mol. The molecule has 1 aliphatic carbocycles. The molecule has 1 amide bonds. The van der Waals surface area contributed by atoms with Gasteiger partial charge >= 0.3 is 12.1 Å². The van der Waals surface area contributed by atoms with Crippen molar-refractivity contribution in [3.05, 3.63) is 30.1 Å². The zero-order valence-corrected chi connectivity index (χ0v) is 16.1. The molecule has 0 aromatic carbocycles. The van der Waals surface area contributed by atoms with Crippen LogP contribution in [0.1, 0.15) is 36.0 Å². The van der Waals surface area contributed by atoms with E-state index in [9.17, 15) is 26.4 Å². The highest BCUT2D eigenvalue weighted by Gasteiger charge is 2.52. The van der Waals surface area contributed by atoms with Gasteiger partial charge in [0.2, 0.25) is 10.0 Å². The van der Waals surface area contributed by atoms with E-state index < -0.39 is 22.2 Å². The standard InChI is InChI=1S/C15H19N3O3S.C2HF3O2/c19-15(11-3-7-16-8-4-11)17-9-5-14-13(17)6-10-18(14)22(20,21)12-1-2-12;3-2(4,5)1(6)7/h3-4,7-8,12-14H,1-2,5-6,9-10H2;(H,6,7)/t13-,14+;/m1./s1. The number of alkyl halides is 3. The summed E-state index contributed by atoms with van der Waals surface area (Å²) >= 11 is 0. The smallest absolute Gasteiger partial charge is 0.475 e. The van der Waals surface area contributed by atoms with Crippen LogP contribution < -0.4 is 0 Å². The Bertz CT molecular complexity index is 874. The van der Waals surface area contributed by atoms with E-state index in [2.05, 4.69) is 4.98 Å². The summed E-state index contributed by atoms with van der Waals surface area (Å²) in [6, 6.07) is 3.41. The molecule has 2 aliphatic heterocycles. The molecule has 8 nitrogen and oxygen atoms in total. The van der Waals surface area contributed by atoms with Crippen molar-refractivity contribution in [3.63, 3.8) is 0 Å². The first-order chi connectivity index (χ1) is 13.5. The average molecular weight is 435 g/mol. The second kappa shape index (κ2) is 7.90. The molecule has 1 aromatic rings. The van der Waals surface area contributed by atoms with Gasteiger partial charge in [0.05, 0.1) is 5.25 Å². The van der Waals surface area contributed by atoms with Gasteiger partial charge in [-0.05, 0) is 37.8 Å².